The molecule has 1 heterocycles. The van der Waals surface area contributed by atoms with Crippen molar-refractivity contribution < 1.29 is 34.3 Å². The number of carbonyl (C=O) groups is 1. The number of carboxylic acids is 1. The lowest BCUT2D eigenvalue weighted by molar-refractivity contribution is -0.164. The fourth-order valence-electron chi connectivity index (χ4n) is 1.31. The van der Waals surface area contributed by atoms with Gasteiger partial charge in [0, 0.05) is 6.42 Å². The minimum Gasteiger partial charge on any atom is -0.478 e. The van der Waals surface area contributed by atoms with Gasteiger partial charge in [-0.15, -0.1) is 0 Å². The van der Waals surface area contributed by atoms with Gasteiger partial charge < -0.3 is 29.5 Å². The third-order valence-electron chi connectivity index (χ3n) is 2.38. The summed E-state index contributed by atoms with van der Waals surface area (Å²) in [5.41, 5.74) is -0.0908. The Morgan fingerprint density at radius 2 is 2.11 bits per heavy atom. The van der Waals surface area contributed by atoms with Gasteiger partial charge in [-0.2, -0.15) is 0 Å². The quantitative estimate of drug-likeness (QED) is 0.233. The molecule has 0 aromatic heterocycles. The number of aliphatic hydroxyl groups is 2. The van der Waals surface area contributed by atoms with Crippen molar-refractivity contribution in [2.75, 3.05) is 13.2 Å². The Labute approximate surface area is 111 Å². The van der Waals surface area contributed by atoms with Gasteiger partial charge in [-0.3, -0.25) is 0 Å². The molecule has 0 amide bonds. The molecule has 3 N–H and O–H groups in total. The summed E-state index contributed by atoms with van der Waals surface area (Å²) >= 11 is 0. The van der Waals surface area contributed by atoms with E-state index in [1.54, 1.807) is 0 Å². The molecule has 0 aromatic rings. The van der Waals surface area contributed by atoms with E-state index < -0.39 is 24.5 Å². The molecule has 0 aliphatic carbocycles. The molecule has 19 heavy (non-hydrogen) atoms. The number of hydrogen-bond donors (Lipinski definition) is 3. The first kappa shape index (κ1) is 15.9. The lowest BCUT2D eigenvalue weighted by Crippen LogP contribution is -2.29. The number of epoxide rings is 1. The van der Waals surface area contributed by atoms with Crippen LogP contribution in [0.25, 0.3) is 0 Å². The van der Waals surface area contributed by atoms with E-state index in [-0.39, 0.29) is 24.7 Å². The molecule has 1 aliphatic heterocycles. The zero-order chi connectivity index (χ0) is 14.4. The zero-order valence-corrected chi connectivity index (χ0v) is 11.0. The van der Waals surface area contributed by atoms with E-state index in [1.165, 1.54) is 13.8 Å². The maximum absolute atomic E-state index is 10.9. The van der Waals surface area contributed by atoms with Gasteiger partial charge in [0.05, 0.1) is 31.2 Å². The summed E-state index contributed by atoms with van der Waals surface area (Å²) in [6.07, 6.45) is -1.71. The van der Waals surface area contributed by atoms with Crippen LogP contribution in [0.1, 0.15) is 20.3 Å². The van der Waals surface area contributed by atoms with Crippen molar-refractivity contribution in [3.63, 3.8) is 0 Å². The second-order valence-corrected chi connectivity index (χ2v) is 4.54. The highest BCUT2D eigenvalue weighted by Gasteiger charge is 2.26. The summed E-state index contributed by atoms with van der Waals surface area (Å²) in [6.45, 7) is 3.85. The second kappa shape index (κ2) is 7.44. The molecule has 0 aromatic carbocycles. The van der Waals surface area contributed by atoms with Crippen molar-refractivity contribution in [3.05, 3.63) is 11.8 Å². The molecular weight excluding hydrogens is 256 g/mol. The summed E-state index contributed by atoms with van der Waals surface area (Å²) in [5.74, 6) is -1.18. The van der Waals surface area contributed by atoms with Gasteiger partial charge >= 0.3 is 5.97 Å². The van der Waals surface area contributed by atoms with Crippen LogP contribution < -0.4 is 0 Å². The topological polar surface area (TPSA) is 109 Å². The van der Waals surface area contributed by atoms with Crippen molar-refractivity contribution in [1.29, 1.82) is 0 Å². The Balaban J connectivity index is 2.51. The highest BCUT2D eigenvalue weighted by atomic mass is 16.7. The summed E-state index contributed by atoms with van der Waals surface area (Å²) in [7, 11) is 0. The third-order valence-corrected chi connectivity index (χ3v) is 2.38. The van der Waals surface area contributed by atoms with Gasteiger partial charge in [0.2, 0.25) is 6.29 Å². The predicted molar refractivity (Wildman–Crippen MR) is 64.3 cm³/mol. The maximum Gasteiger partial charge on any atom is 0.334 e. The van der Waals surface area contributed by atoms with Crippen molar-refractivity contribution in [3.8, 4) is 0 Å². The lowest BCUT2D eigenvalue weighted by atomic mass is 10.1. The Kier molecular flexibility index (Phi) is 6.23. The first-order chi connectivity index (χ1) is 8.90. The van der Waals surface area contributed by atoms with Crippen molar-refractivity contribution in [2.45, 2.75) is 44.9 Å². The van der Waals surface area contributed by atoms with E-state index >= 15 is 0 Å². The fourth-order valence-corrected chi connectivity index (χ4v) is 1.31. The molecule has 4 atom stereocenters. The van der Waals surface area contributed by atoms with Crippen LogP contribution in [0.5, 0.6) is 0 Å². The number of carboxylic acid groups (broad SMARTS) is 1. The maximum atomic E-state index is 10.9. The van der Waals surface area contributed by atoms with Gasteiger partial charge in [0.25, 0.3) is 0 Å². The van der Waals surface area contributed by atoms with Crippen LogP contribution in [0.3, 0.4) is 0 Å². The van der Waals surface area contributed by atoms with Crippen LogP contribution in [-0.4, -0.2) is 59.1 Å². The van der Waals surface area contributed by atoms with Crippen LogP contribution in [0.2, 0.25) is 0 Å². The molecule has 1 aliphatic rings. The van der Waals surface area contributed by atoms with E-state index in [1.807, 2.05) is 0 Å². The molecule has 1 rings (SSSR count). The van der Waals surface area contributed by atoms with Gasteiger partial charge in [-0.25, -0.2) is 4.79 Å². The van der Waals surface area contributed by atoms with Crippen molar-refractivity contribution in [1.82, 2.24) is 0 Å². The summed E-state index contributed by atoms with van der Waals surface area (Å²) in [6, 6.07) is 0. The molecule has 110 valence electrons. The molecule has 0 bridgehead atoms. The molecule has 1 saturated heterocycles. The first-order valence-electron chi connectivity index (χ1n) is 6.07. The van der Waals surface area contributed by atoms with Gasteiger partial charge in [-0.05, 0) is 13.8 Å². The minimum absolute atomic E-state index is 0.0187. The normalized spacial score (nSPS) is 23.6. The Bertz CT molecular complexity index is 320. The van der Waals surface area contributed by atoms with Crippen LogP contribution in [0, 0.1) is 0 Å². The predicted octanol–water partition coefficient (Wildman–Crippen LogP) is -0.135. The average molecular weight is 276 g/mol. The van der Waals surface area contributed by atoms with Crippen LogP contribution in [-0.2, 0) is 19.0 Å². The van der Waals surface area contributed by atoms with Crippen molar-refractivity contribution in [2.24, 2.45) is 0 Å². The summed E-state index contributed by atoms with van der Waals surface area (Å²) in [5, 5.41) is 27.6. The SMILES string of the molecule is CC(O)CC(=COC(OCC1CO1)C(C)O)C(=O)O. The first-order valence-corrected chi connectivity index (χ1v) is 6.07. The van der Waals surface area contributed by atoms with E-state index in [9.17, 15) is 15.0 Å². The standard InChI is InChI=1S/C12H20O7/c1-7(13)3-9(11(15)16)4-18-12(8(2)14)19-6-10-5-17-10/h4,7-8,10,12-14H,3,5-6H2,1-2H3,(H,15,16). The highest BCUT2D eigenvalue weighted by molar-refractivity contribution is 5.86. The Hall–Kier alpha value is -1.15. The number of aliphatic hydroxyl groups excluding tert-OH is 2. The van der Waals surface area contributed by atoms with E-state index in [4.69, 9.17) is 19.3 Å². The molecule has 0 saturated carbocycles. The summed E-state index contributed by atoms with van der Waals surface area (Å²) in [4.78, 5) is 10.9. The van der Waals surface area contributed by atoms with Crippen LogP contribution in [0.4, 0.5) is 0 Å². The largest absolute Gasteiger partial charge is 0.478 e. The average Bonchev–Trinajstić information content (AvgIpc) is 3.09. The molecule has 0 radical (unpaired) electrons. The van der Waals surface area contributed by atoms with E-state index in [2.05, 4.69) is 0 Å². The number of rotatable bonds is 9. The number of hydrogen-bond acceptors (Lipinski definition) is 6. The second-order valence-electron chi connectivity index (χ2n) is 4.54. The van der Waals surface area contributed by atoms with E-state index in [0.717, 1.165) is 6.26 Å². The monoisotopic (exact) mass is 276 g/mol. The van der Waals surface area contributed by atoms with E-state index in [0.29, 0.717) is 6.61 Å². The Morgan fingerprint density at radius 3 is 2.53 bits per heavy atom. The van der Waals surface area contributed by atoms with Crippen molar-refractivity contribution >= 4 is 5.97 Å². The smallest absolute Gasteiger partial charge is 0.334 e. The Morgan fingerprint density at radius 1 is 1.47 bits per heavy atom. The molecule has 1 fully saturated rings. The third kappa shape index (κ3) is 6.53. The zero-order valence-electron chi connectivity index (χ0n) is 11.0. The number of aliphatic carboxylic acids is 1. The highest BCUT2D eigenvalue weighted by Crippen LogP contribution is 2.13. The molecule has 7 nitrogen and oxygen atoms in total. The minimum atomic E-state index is -1.18. The van der Waals surface area contributed by atoms with Gasteiger partial charge in [-0.1, -0.05) is 0 Å². The van der Waals surface area contributed by atoms with Crippen LogP contribution in [0.15, 0.2) is 11.8 Å². The summed E-state index contributed by atoms with van der Waals surface area (Å²) < 4.78 is 15.3. The van der Waals surface area contributed by atoms with Gasteiger partial charge in [0.15, 0.2) is 0 Å². The number of ether oxygens (including phenoxy) is 3. The molecule has 0 spiro atoms. The lowest BCUT2D eigenvalue weighted by Gasteiger charge is -2.20. The molecule has 7 heteroatoms. The van der Waals surface area contributed by atoms with Gasteiger partial charge in [0.1, 0.15) is 12.2 Å². The molecule has 4 unspecified atom stereocenters. The fraction of sp³-hybridized carbons (Fsp3) is 0.750. The van der Waals surface area contributed by atoms with Crippen LogP contribution >= 0.6 is 0 Å². The molecular formula is C12H20O7.